The Labute approximate surface area is 158 Å². The number of carbonyl (C=O) groups excluding carboxylic acids is 3. The molecule has 0 aliphatic carbocycles. The maximum absolute atomic E-state index is 12.5. The Morgan fingerprint density at radius 1 is 1.00 bits per heavy atom. The van der Waals surface area contributed by atoms with Crippen molar-refractivity contribution in [1.29, 1.82) is 0 Å². The van der Waals surface area contributed by atoms with E-state index in [2.05, 4.69) is 17.6 Å². The van der Waals surface area contributed by atoms with Crippen molar-refractivity contribution >= 4 is 34.8 Å². The molecule has 0 aromatic heterocycles. The van der Waals surface area contributed by atoms with Gasteiger partial charge >= 0.3 is 0 Å². The van der Waals surface area contributed by atoms with Gasteiger partial charge in [0.05, 0.1) is 5.92 Å². The topological polar surface area (TPSA) is 78.5 Å². The highest BCUT2D eigenvalue weighted by Gasteiger charge is 2.35. The number of benzene rings is 2. The van der Waals surface area contributed by atoms with Gasteiger partial charge in [-0.3, -0.25) is 14.4 Å². The molecule has 0 radical (unpaired) electrons. The van der Waals surface area contributed by atoms with Gasteiger partial charge in [0, 0.05) is 37.0 Å². The van der Waals surface area contributed by atoms with Crippen molar-refractivity contribution in [1.82, 2.24) is 0 Å². The van der Waals surface area contributed by atoms with E-state index in [0.29, 0.717) is 12.2 Å². The summed E-state index contributed by atoms with van der Waals surface area (Å²) in [5.74, 6) is -0.768. The summed E-state index contributed by atoms with van der Waals surface area (Å²) in [5, 5.41) is 5.58. The van der Waals surface area contributed by atoms with Crippen LogP contribution in [0, 0.1) is 5.92 Å². The summed E-state index contributed by atoms with van der Waals surface area (Å²) in [7, 11) is 0. The number of amides is 3. The number of rotatable bonds is 5. The minimum atomic E-state index is -0.390. The highest BCUT2D eigenvalue weighted by Crippen LogP contribution is 2.27. The van der Waals surface area contributed by atoms with Crippen LogP contribution in [0.3, 0.4) is 0 Å². The minimum Gasteiger partial charge on any atom is -0.326 e. The highest BCUT2D eigenvalue weighted by atomic mass is 16.2. The van der Waals surface area contributed by atoms with Gasteiger partial charge in [0.2, 0.25) is 17.7 Å². The monoisotopic (exact) mass is 365 g/mol. The SMILES string of the molecule is CCc1ccc(NC(=O)C2CC(=O)N(c3ccc(NC(C)=O)cc3)C2)cc1. The maximum atomic E-state index is 12.5. The van der Waals surface area contributed by atoms with E-state index in [9.17, 15) is 14.4 Å². The number of carbonyl (C=O) groups is 3. The van der Waals surface area contributed by atoms with Crippen molar-refractivity contribution in [2.24, 2.45) is 5.92 Å². The first-order valence-electron chi connectivity index (χ1n) is 9.04. The molecule has 0 saturated carbocycles. The minimum absolute atomic E-state index is 0.0799. The standard InChI is InChI=1S/C21H23N3O3/c1-3-15-4-6-18(7-5-15)23-21(27)16-12-20(26)24(13-16)19-10-8-17(9-11-19)22-14(2)25/h4-11,16H,3,12-13H2,1-2H3,(H,22,25)(H,23,27). The van der Waals surface area contributed by atoms with E-state index in [-0.39, 0.29) is 24.1 Å². The predicted octanol–water partition coefficient (Wildman–Crippen LogP) is 3.20. The summed E-state index contributed by atoms with van der Waals surface area (Å²) in [4.78, 5) is 37.6. The zero-order chi connectivity index (χ0) is 19.4. The number of hydrogen-bond donors (Lipinski definition) is 2. The molecule has 1 heterocycles. The first-order chi connectivity index (χ1) is 13.0. The second-order valence-corrected chi connectivity index (χ2v) is 6.67. The maximum Gasteiger partial charge on any atom is 0.229 e. The lowest BCUT2D eigenvalue weighted by atomic mass is 10.1. The fourth-order valence-corrected chi connectivity index (χ4v) is 3.13. The lowest BCUT2D eigenvalue weighted by Crippen LogP contribution is -2.28. The molecule has 27 heavy (non-hydrogen) atoms. The largest absolute Gasteiger partial charge is 0.326 e. The molecule has 0 bridgehead atoms. The van der Waals surface area contributed by atoms with Gasteiger partial charge < -0.3 is 15.5 Å². The second-order valence-electron chi connectivity index (χ2n) is 6.67. The molecule has 2 aromatic carbocycles. The first-order valence-corrected chi connectivity index (χ1v) is 9.04. The van der Waals surface area contributed by atoms with E-state index in [4.69, 9.17) is 0 Å². The van der Waals surface area contributed by atoms with E-state index in [1.54, 1.807) is 29.2 Å². The van der Waals surface area contributed by atoms with Crippen LogP contribution in [0.1, 0.15) is 25.8 Å². The number of anilines is 3. The molecule has 0 spiro atoms. The number of nitrogens with zero attached hydrogens (tertiary/aromatic N) is 1. The third-order valence-corrected chi connectivity index (χ3v) is 4.62. The van der Waals surface area contributed by atoms with Crippen LogP contribution in [-0.2, 0) is 20.8 Å². The number of hydrogen-bond acceptors (Lipinski definition) is 3. The van der Waals surface area contributed by atoms with Crippen LogP contribution in [-0.4, -0.2) is 24.3 Å². The molecule has 140 valence electrons. The van der Waals surface area contributed by atoms with Crippen molar-refractivity contribution in [2.75, 3.05) is 22.1 Å². The van der Waals surface area contributed by atoms with Gasteiger partial charge in [0.15, 0.2) is 0 Å². The summed E-state index contributed by atoms with van der Waals surface area (Å²) in [5.41, 5.74) is 3.33. The van der Waals surface area contributed by atoms with Gasteiger partial charge in [-0.2, -0.15) is 0 Å². The Morgan fingerprint density at radius 2 is 1.59 bits per heavy atom. The van der Waals surface area contributed by atoms with E-state index in [1.165, 1.54) is 12.5 Å². The Bertz CT molecular complexity index is 844. The fourth-order valence-electron chi connectivity index (χ4n) is 3.13. The van der Waals surface area contributed by atoms with E-state index < -0.39 is 5.92 Å². The van der Waals surface area contributed by atoms with Crippen molar-refractivity contribution in [3.05, 3.63) is 54.1 Å². The molecular formula is C21H23N3O3. The molecule has 1 aliphatic rings. The Kier molecular flexibility index (Phi) is 5.54. The molecule has 3 rings (SSSR count). The quantitative estimate of drug-likeness (QED) is 0.854. The average molecular weight is 365 g/mol. The lowest BCUT2D eigenvalue weighted by molar-refractivity contribution is -0.122. The van der Waals surface area contributed by atoms with Gasteiger partial charge in [-0.25, -0.2) is 0 Å². The smallest absolute Gasteiger partial charge is 0.229 e. The van der Waals surface area contributed by atoms with Gasteiger partial charge in [-0.05, 0) is 48.4 Å². The molecule has 2 aromatic rings. The van der Waals surface area contributed by atoms with Gasteiger partial charge in [0.1, 0.15) is 0 Å². The molecule has 1 atom stereocenters. The van der Waals surface area contributed by atoms with Crippen LogP contribution in [0.5, 0.6) is 0 Å². The molecule has 6 heteroatoms. The van der Waals surface area contributed by atoms with Crippen LogP contribution in [0.4, 0.5) is 17.1 Å². The van der Waals surface area contributed by atoms with Gasteiger partial charge in [0.25, 0.3) is 0 Å². The molecule has 2 N–H and O–H groups in total. The molecule has 1 aliphatic heterocycles. The molecular weight excluding hydrogens is 342 g/mol. The van der Waals surface area contributed by atoms with Crippen LogP contribution < -0.4 is 15.5 Å². The molecule has 6 nitrogen and oxygen atoms in total. The summed E-state index contributed by atoms with van der Waals surface area (Å²) in [6.07, 6.45) is 1.13. The third-order valence-electron chi connectivity index (χ3n) is 4.62. The van der Waals surface area contributed by atoms with Crippen molar-refractivity contribution in [2.45, 2.75) is 26.7 Å². The fraction of sp³-hybridized carbons (Fsp3) is 0.286. The second kappa shape index (κ2) is 8.03. The van der Waals surface area contributed by atoms with Crippen molar-refractivity contribution in [3.63, 3.8) is 0 Å². The lowest BCUT2D eigenvalue weighted by Gasteiger charge is -2.17. The molecule has 1 fully saturated rings. The third kappa shape index (κ3) is 4.53. The van der Waals surface area contributed by atoms with E-state index >= 15 is 0 Å². The van der Waals surface area contributed by atoms with Crippen LogP contribution >= 0.6 is 0 Å². The molecule has 1 unspecified atom stereocenters. The van der Waals surface area contributed by atoms with Gasteiger partial charge in [-0.1, -0.05) is 19.1 Å². The number of nitrogens with one attached hydrogen (secondary N) is 2. The van der Waals surface area contributed by atoms with E-state index in [0.717, 1.165) is 17.8 Å². The zero-order valence-electron chi connectivity index (χ0n) is 15.5. The van der Waals surface area contributed by atoms with Crippen molar-refractivity contribution in [3.8, 4) is 0 Å². The predicted molar refractivity (Wildman–Crippen MR) is 106 cm³/mol. The van der Waals surface area contributed by atoms with Gasteiger partial charge in [-0.15, -0.1) is 0 Å². The molecule has 3 amide bonds. The van der Waals surface area contributed by atoms with E-state index in [1.807, 2.05) is 24.3 Å². The summed E-state index contributed by atoms with van der Waals surface area (Å²) < 4.78 is 0. The van der Waals surface area contributed by atoms with Crippen LogP contribution in [0.25, 0.3) is 0 Å². The Balaban J connectivity index is 1.63. The molecule has 1 saturated heterocycles. The highest BCUT2D eigenvalue weighted by molar-refractivity contribution is 6.03. The normalized spacial score (nSPS) is 16.3. The summed E-state index contributed by atoms with van der Waals surface area (Å²) >= 11 is 0. The average Bonchev–Trinajstić information content (AvgIpc) is 3.04. The first kappa shape index (κ1) is 18.6. The van der Waals surface area contributed by atoms with Crippen LogP contribution in [0.15, 0.2) is 48.5 Å². The number of aryl methyl sites for hydroxylation is 1. The van der Waals surface area contributed by atoms with Crippen LogP contribution in [0.2, 0.25) is 0 Å². The Hall–Kier alpha value is -3.15. The Morgan fingerprint density at radius 3 is 2.19 bits per heavy atom. The van der Waals surface area contributed by atoms with Crippen molar-refractivity contribution < 1.29 is 14.4 Å². The zero-order valence-corrected chi connectivity index (χ0v) is 15.5. The summed E-state index contributed by atoms with van der Waals surface area (Å²) in [6.45, 7) is 3.86. The summed E-state index contributed by atoms with van der Waals surface area (Å²) in [6, 6.07) is 14.8.